The average molecular weight is 228 g/mol. The number of nitrogens with one attached hydrogen (secondary N) is 1. The molecule has 2 nitrogen and oxygen atoms in total. The number of rotatable bonds is 5. The molecular weight excluding hydrogens is 210 g/mol. The van der Waals surface area contributed by atoms with Gasteiger partial charge in [-0.15, -0.1) is 0 Å². The summed E-state index contributed by atoms with van der Waals surface area (Å²) in [6.07, 6.45) is 1.14. The Bertz CT molecular complexity index is 312. The van der Waals surface area contributed by atoms with Crippen LogP contribution in [0.4, 0.5) is 0 Å². The predicted octanol–water partition coefficient (Wildman–Crippen LogP) is 3.18. The van der Waals surface area contributed by atoms with Crippen LogP contribution in [0.15, 0.2) is 18.2 Å². The second-order valence-electron chi connectivity index (χ2n) is 4.11. The molecule has 1 aromatic rings. The van der Waals surface area contributed by atoms with Crippen LogP contribution in [0.2, 0.25) is 5.02 Å². The summed E-state index contributed by atoms with van der Waals surface area (Å²) in [4.78, 5) is 0. The average Bonchev–Trinajstić information content (AvgIpc) is 2.18. The van der Waals surface area contributed by atoms with E-state index in [1.54, 1.807) is 6.07 Å². The Kier molecular flexibility index (Phi) is 4.92. The van der Waals surface area contributed by atoms with Gasteiger partial charge in [0.15, 0.2) is 0 Å². The topological polar surface area (TPSA) is 32.3 Å². The zero-order valence-corrected chi connectivity index (χ0v) is 10.0. The second-order valence-corrected chi connectivity index (χ2v) is 4.51. The van der Waals surface area contributed by atoms with E-state index in [0.29, 0.717) is 17.5 Å². The molecule has 0 aliphatic carbocycles. The molecule has 0 unspecified atom stereocenters. The highest BCUT2D eigenvalue weighted by atomic mass is 35.5. The van der Waals surface area contributed by atoms with E-state index in [-0.39, 0.29) is 5.75 Å². The minimum atomic E-state index is 0.191. The number of para-hydroxylation sites is 1. The van der Waals surface area contributed by atoms with Crippen LogP contribution < -0.4 is 5.32 Å². The van der Waals surface area contributed by atoms with E-state index in [1.165, 1.54) is 0 Å². The summed E-state index contributed by atoms with van der Waals surface area (Å²) < 4.78 is 0. The molecule has 0 saturated carbocycles. The number of phenols is 1. The molecule has 0 aromatic heterocycles. The van der Waals surface area contributed by atoms with E-state index < -0.39 is 0 Å². The fraction of sp³-hybridized carbons (Fsp3) is 0.500. The maximum atomic E-state index is 9.63. The van der Waals surface area contributed by atoms with Crippen LogP contribution in [0, 0.1) is 5.92 Å². The summed E-state index contributed by atoms with van der Waals surface area (Å²) in [7, 11) is 0. The van der Waals surface area contributed by atoms with Crippen LogP contribution >= 0.6 is 11.6 Å². The van der Waals surface area contributed by atoms with E-state index in [0.717, 1.165) is 18.5 Å². The lowest BCUT2D eigenvalue weighted by molar-refractivity contribution is 0.462. The molecule has 3 heteroatoms. The molecule has 0 fully saturated rings. The number of benzene rings is 1. The molecule has 0 bridgehead atoms. The van der Waals surface area contributed by atoms with Crippen molar-refractivity contribution < 1.29 is 5.11 Å². The quantitative estimate of drug-likeness (QED) is 0.758. The van der Waals surface area contributed by atoms with Crippen molar-refractivity contribution in [3.8, 4) is 5.75 Å². The standard InChI is InChI=1S/C12H18ClNO/c1-9(2)6-7-14-8-10-4-3-5-11(13)12(10)15/h3-5,9,14-15H,6-8H2,1-2H3. The fourth-order valence-corrected chi connectivity index (χ4v) is 1.51. The summed E-state index contributed by atoms with van der Waals surface area (Å²) >= 11 is 5.80. The van der Waals surface area contributed by atoms with Gasteiger partial charge in [-0.05, 0) is 24.9 Å². The zero-order valence-electron chi connectivity index (χ0n) is 9.26. The van der Waals surface area contributed by atoms with Gasteiger partial charge in [0, 0.05) is 12.1 Å². The summed E-state index contributed by atoms with van der Waals surface area (Å²) in [6.45, 7) is 6.01. The number of hydrogen-bond acceptors (Lipinski definition) is 2. The molecule has 1 rings (SSSR count). The smallest absolute Gasteiger partial charge is 0.138 e. The number of hydrogen-bond donors (Lipinski definition) is 2. The minimum Gasteiger partial charge on any atom is -0.506 e. The van der Waals surface area contributed by atoms with Crippen LogP contribution in [0.1, 0.15) is 25.8 Å². The van der Waals surface area contributed by atoms with Gasteiger partial charge in [0.25, 0.3) is 0 Å². The Morgan fingerprint density at radius 3 is 2.80 bits per heavy atom. The van der Waals surface area contributed by atoms with Crippen molar-refractivity contribution in [2.75, 3.05) is 6.54 Å². The highest BCUT2D eigenvalue weighted by molar-refractivity contribution is 6.32. The van der Waals surface area contributed by atoms with E-state index in [1.807, 2.05) is 12.1 Å². The Balaban J connectivity index is 2.41. The highest BCUT2D eigenvalue weighted by Crippen LogP contribution is 2.26. The third-order valence-corrected chi connectivity index (χ3v) is 2.59. The molecule has 0 saturated heterocycles. The van der Waals surface area contributed by atoms with Gasteiger partial charge < -0.3 is 10.4 Å². The Hall–Kier alpha value is -0.730. The van der Waals surface area contributed by atoms with Gasteiger partial charge in [0.2, 0.25) is 0 Å². The van der Waals surface area contributed by atoms with Gasteiger partial charge >= 0.3 is 0 Å². The van der Waals surface area contributed by atoms with Crippen molar-refractivity contribution in [1.29, 1.82) is 0 Å². The Labute approximate surface area is 96.3 Å². The van der Waals surface area contributed by atoms with Crippen LogP contribution in [0.3, 0.4) is 0 Å². The van der Waals surface area contributed by atoms with E-state index in [2.05, 4.69) is 19.2 Å². The first-order chi connectivity index (χ1) is 7.11. The third kappa shape index (κ3) is 4.10. The molecule has 84 valence electrons. The Morgan fingerprint density at radius 1 is 1.40 bits per heavy atom. The maximum Gasteiger partial charge on any atom is 0.138 e. The number of aromatic hydroxyl groups is 1. The fourth-order valence-electron chi connectivity index (χ4n) is 1.32. The molecule has 15 heavy (non-hydrogen) atoms. The van der Waals surface area contributed by atoms with E-state index in [9.17, 15) is 5.11 Å². The lowest BCUT2D eigenvalue weighted by Crippen LogP contribution is -2.16. The van der Waals surface area contributed by atoms with Crippen molar-refractivity contribution in [2.24, 2.45) is 5.92 Å². The monoisotopic (exact) mass is 227 g/mol. The molecule has 0 heterocycles. The molecule has 0 spiro atoms. The lowest BCUT2D eigenvalue weighted by atomic mass is 10.1. The summed E-state index contributed by atoms with van der Waals surface area (Å²) in [6, 6.07) is 5.42. The number of phenolic OH excluding ortho intramolecular Hbond substituents is 1. The zero-order chi connectivity index (χ0) is 11.3. The van der Waals surface area contributed by atoms with Crippen molar-refractivity contribution in [3.05, 3.63) is 28.8 Å². The summed E-state index contributed by atoms with van der Waals surface area (Å²) in [5, 5.41) is 13.3. The van der Waals surface area contributed by atoms with Crippen molar-refractivity contribution in [2.45, 2.75) is 26.8 Å². The van der Waals surface area contributed by atoms with Crippen molar-refractivity contribution >= 4 is 11.6 Å². The van der Waals surface area contributed by atoms with Gasteiger partial charge in [-0.3, -0.25) is 0 Å². The summed E-state index contributed by atoms with van der Waals surface area (Å²) in [5.41, 5.74) is 0.853. The van der Waals surface area contributed by atoms with Crippen LogP contribution in [-0.2, 0) is 6.54 Å². The third-order valence-electron chi connectivity index (χ3n) is 2.28. The molecule has 0 atom stereocenters. The molecule has 0 aliphatic rings. The van der Waals surface area contributed by atoms with Gasteiger partial charge in [-0.25, -0.2) is 0 Å². The molecule has 1 aromatic carbocycles. The normalized spacial score (nSPS) is 10.9. The summed E-state index contributed by atoms with van der Waals surface area (Å²) in [5.74, 6) is 0.890. The van der Waals surface area contributed by atoms with Gasteiger partial charge in [0.1, 0.15) is 5.75 Å². The molecule has 0 amide bonds. The van der Waals surface area contributed by atoms with Crippen molar-refractivity contribution in [1.82, 2.24) is 5.32 Å². The van der Waals surface area contributed by atoms with Crippen LogP contribution in [-0.4, -0.2) is 11.7 Å². The van der Waals surface area contributed by atoms with Crippen LogP contribution in [0.25, 0.3) is 0 Å². The molecule has 0 radical (unpaired) electrons. The van der Waals surface area contributed by atoms with Crippen molar-refractivity contribution in [3.63, 3.8) is 0 Å². The van der Waals surface area contributed by atoms with Gasteiger partial charge in [0.05, 0.1) is 5.02 Å². The maximum absolute atomic E-state index is 9.63. The van der Waals surface area contributed by atoms with Gasteiger partial charge in [-0.2, -0.15) is 0 Å². The first-order valence-corrected chi connectivity index (χ1v) is 5.66. The largest absolute Gasteiger partial charge is 0.506 e. The first kappa shape index (κ1) is 12.3. The molecule has 0 aliphatic heterocycles. The minimum absolute atomic E-state index is 0.191. The lowest BCUT2D eigenvalue weighted by Gasteiger charge is -2.08. The Morgan fingerprint density at radius 2 is 2.13 bits per heavy atom. The van der Waals surface area contributed by atoms with E-state index >= 15 is 0 Å². The second kappa shape index (κ2) is 5.99. The SMILES string of the molecule is CC(C)CCNCc1cccc(Cl)c1O. The molecule has 2 N–H and O–H groups in total. The predicted molar refractivity (Wildman–Crippen MR) is 64.3 cm³/mol. The van der Waals surface area contributed by atoms with E-state index in [4.69, 9.17) is 11.6 Å². The highest BCUT2D eigenvalue weighted by Gasteiger charge is 2.04. The van der Waals surface area contributed by atoms with Gasteiger partial charge in [-0.1, -0.05) is 37.6 Å². The number of halogens is 1. The van der Waals surface area contributed by atoms with Crippen LogP contribution in [0.5, 0.6) is 5.75 Å². The first-order valence-electron chi connectivity index (χ1n) is 5.28. The molecular formula is C12H18ClNO.